The second-order valence-corrected chi connectivity index (χ2v) is 6.58. The van der Waals surface area contributed by atoms with Crippen LogP contribution in [0.3, 0.4) is 0 Å². The van der Waals surface area contributed by atoms with Gasteiger partial charge in [0.2, 0.25) is 0 Å². The van der Waals surface area contributed by atoms with Crippen molar-refractivity contribution in [2.75, 3.05) is 18.6 Å². The fraction of sp³-hybridized carbons (Fsp3) is 0.643. The summed E-state index contributed by atoms with van der Waals surface area (Å²) in [6.07, 6.45) is 8.56. The van der Waals surface area contributed by atoms with Gasteiger partial charge in [-0.15, -0.1) is 0 Å². The van der Waals surface area contributed by atoms with Crippen LogP contribution < -0.4 is 5.32 Å². The summed E-state index contributed by atoms with van der Waals surface area (Å²) in [6, 6.07) is 2.56. The second kappa shape index (κ2) is 7.37. The fourth-order valence-electron chi connectivity index (χ4n) is 2.52. The molecule has 0 saturated carbocycles. The molecule has 2 rings (SSSR count). The molecule has 1 unspecified atom stereocenters. The first-order chi connectivity index (χ1) is 8.79. The van der Waals surface area contributed by atoms with Crippen LogP contribution in [0.25, 0.3) is 0 Å². The fourth-order valence-corrected chi connectivity index (χ4v) is 3.92. The van der Waals surface area contributed by atoms with E-state index >= 15 is 0 Å². The van der Waals surface area contributed by atoms with Crippen LogP contribution >= 0.6 is 23.4 Å². The number of pyridine rings is 1. The van der Waals surface area contributed by atoms with Crippen molar-refractivity contribution >= 4 is 23.4 Å². The van der Waals surface area contributed by atoms with Crippen LogP contribution in [-0.4, -0.2) is 29.6 Å². The quantitative estimate of drug-likeness (QED) is 0.897. The Labute approximate surface area is 119 Å². The number of nitrogens with zero attached hydrogens (tertiary/aromatic N) is 1. The predicted octanol–water partition coefficient (Wildman–Crippen LogP) is 3.40. The molecule has 1 saturated heterocycles. The molecule has 0 bridgehead atoms. The Morgan fingerprint density at radius 1 is 1.50 bits per heavy atom. The van der Waals surface area contributed by atoms with E-state index in [-0.39, 0.29) is 0 Å². The highest BCUT2D eigenvalue weighted by Gasteiger charge is 2.19. The number of likely N-dealkylation sites (N-methyl/N-ethyl adjacent to an activating group) is 1. The first kappa shape index (κ1) is 14.2. The zero-order chi connectivity index (χ0) is 12.8. The summed E-state index contributed by atoms with van der Waals surface area (Å²) in [5.74, 6) is 3.54. The summed E-state index contributed by atoms with van der Waals surface area (Å²) >= 11 is 8.26. The van der Waals surface area contributed by atoms with E-state index < -0.39 is 0 Å². The molecular weight excluding hydrogens is 264 g/mol. The number of halogens is 1. The third-order valence-electron chi connectivity index (χ3n) is 3.69. The molecule has 0 aromatic carbocycles. The van der Waals surface area contributed by atoms with E-state index in [2.05, 4.69) is 29.1 Å². The monoisotopic (exact) mass is 284 g/mol. The molecule has 4 heteroatoms. The number of hydrogen-bond acceptors (Lipinski definition) is 3. The van der Waals surface area contributed by atoms with Crippen LogP contribution in [0, 0.1) is 5.92 Å². The van der Waals surface area contributed by atoms with Gasteiger partial charge in [0.15, 0.2) is 0 Å². The van der Waals surface area contributed by atoms with Gasteiger partial charge in [-0.3, -0.25) is 4.98 Å². The van der Waals surface area contributed by atoms with Crippen LogP contribution in [0.5, 0.6) is 0 Å². The Morgan fingerprint density at radius 3 is 2.94 bits per heavy atom. The van der Waals surface area contributed by atoms with Crippen LogP contribution in [0.1, 0.15) is 24.8 Å². The number of aromatic nitrogens is 1. The minimum Gasteiger partial charge on any atom is -0.317 e. The van der Waals surface area contributed by atoms with Gasteiger partial charge in [-0.25, -0.2) is 0 Å². The van der Waals surface area contributed by atoms with Crippen molar-refractivity contribution in [2.45, 2.75) is 31.7 Å². The Bertz CT molecular complexity index is 367. The van der Waals surface area contributed by atoms with E-state index in [4.69, 9.17) is 11.6 Å². The predicted molar refractivity (Wildman–Crippen MR) is 80.5 cm³/mol. The molecule has 100 valence electrons. The molecule has 18 heavy (non-hydrogen) atoms. The van der Waals surface area contributed by atoms with Crippen molar-refractivity contribution in [2.24, 2.45) is 5.92 Å². The van der Waals surface area contributed by atoms with E-state index in [0.717, 1.165) is 17.4 Å². The molecule has 2 nitrogen and oxygen atoms in total. The normalized spacial score (nSPS) is 18.8. The first-order valence-corrected chi connectivity index (χ1v) is 8.16. The molecule has 0 amide bonds. The molecule has 0 radical (unpaired) electrons. The first-order valence-electron chi connectivity index (χ1n) is 6.63. The molecule has 1 N–H and O–H groups in total. The third-order valence-corrected chi connectivity index (χ3v) is 5.08. The van der Waals surface area contributed by atoms with Gasteiger partial charge < -0.3 is 5.32 Å². The van der Waals surface area contributed by atoms with Crippen molar-refractivity contribution < 1.29 is 0 Å². The number of nitrogens with one attached hydrogen (secondary N) is 1. The number of hydrogen-bond donors (Lipinski definition) is 1. The van der Waals surface area contributed by atoms with Crippen LogP contribution in [0.4, 0.5) is 0 Å². The lowest BCUT2D eigenvalue weighted by Gasteiger charge is -2.26. The standard InChI is InChI=1S/C14H21ClN2S/c1-16-13(8-11-3-6-18-7-4-11)9-12-2-5-17-10-14(12)15/h2,5,10-11,13,16H,3-4,6-9H2,1H3. The van der Waals surface area contributed by atoms with Gasteiger partial charge in [0, 0.05) is 18.4 Å². The minimum atomic E-state index is 0.526. The van der Waals surface area contributed by atoms with Gasteiger partial charge in [-0.05, 0) is 61.8 Å². The molecule has 0 aliphatic carbocycles. The van der Waals surface area contributed by atoms with Gasteiger partial charge in [0.25, 0.3) is 0 Å². The Kier molecular flexibility index (Phi) is 5.80. The highest BCUT2D eigenvalue weighted by molar-refractivity contribution is 7.99. The van der Waals surface area contributed by atoms with E-state index in [1.807, 2.05) is 12.3 Å². The van der Waals surface area contributed by atoms with Gasteiger partial charge in [0.05, 0.1) is 5.02 Å². The second-order valence-electron chi connectivity index (χ2n) is 4.95. The maximum absolute atomic E-state index is 6.17. The maximum Gasteiger partial charge on any atom is 0.0621 e. The highest BCUT2D eigenvalue weighted by Crippen LogP contribution is 2.27. The molecule has 1 fully saturated rings. The maximum atomic E-state index is 6.17. The average molecular weight is 285 g/mol. The number of thioether (sulfide) groups is 1. The van der Waals surface area contributed by atoms with E-state index in [1.54, 1.807) is 6.20 Å². The zero-order valence-corrected chi connectivity index (χ0v) is 12.4. The van der Waals surface area contributed by atoms with Gasteiger partial charge in [0.1, 0.15) is 0 Å². The molecule has 1 aromatic rings. The number of rotatable bonds is 5. The molecule has 1 aliphatic rings. The minimum absolute atomic E-state index is 0.526. The molecule has 0 spiro atoms. The summed E-state index contributed by atoms with van der Waals surface area (Å²) in [5.41, 5.74) is 1.20. The van der Waals surface area contributed by atoms with Gasteiger partial charge in [-0.1, -0.05) is 11.6 Å². The van der Waals surface area contributed by atoms with E-state index in [1.165, 1.54) is 36.3 Å². The van der Waals surface area contributed by atoms with Crippen molar-refractivity contribution in [1.82, 2.24) is 10.3 Å². The largest absolute Gasteiger partial charge is 0.317 e. The summed E-state index contributed by atoms with van der Waals surface area (Å²) in [4.78, 5) is 4.04. The Hall–Kier alpha value is -0.250. The summed E-state index contributed by atoms with van der Waals surface area (Å²) in [5, 5.41) is 4.23. The molecule has 2 heterocycles. The Morgan fingerprint density at radius 2 is 2.28 bits per heavy atom. The van der Waals surface area contributed by atoms with Crippen molar-refractivity contribution in [3.63, 3.8) is 0 Å². The van der Waals surface area contributed by atoms with Gasteiger partial charge >= 0.3 is 0 Å². The third kappa shape index (κ3) is 4.15. The lowest BCUT2D eigenvalue weighted by Crippen LogP contribution is -2.31. The van der Waals surface area contributed by atoms with Gasteiger partial charge in [-0.2, -0.15) is 11.8 Å². The van der Waals surface area contributed by atoms with E-state index in [9.17, 15) is 0 Å². The topological polar surface area (TPSA) is 24.9 Å². The van der Waals surface area contributed by atoms with Crippen molar-refractivity contribution in [3.8, 4) is 0 Å². The average Bonchev–Trinajstić information content (AvgIpc) is 2.41. The zero-order valence-electron chi connectivity index (χ0n) is 10.9. The van der Waals surface area contributed by atoms with E-state index in [0.29, 0.717) is 6.04 Å². The highest BCUT2D eigenvalue weighted by atomic mass is 35.5. The lowest BCUT2D eigenvalue weighted by atomic mass is 9.91. The molecular formula is C14H21ClN2S. The molecule has 1 aliphatic heterocycles. The van der Waals surface area contributed by atoms with Crippen LogP contribution in [0.2, 0.25) is 5.02 Å². The molecule has 1 aromatic heterocycles. The smallest absolute Gasteiger partial charge is 0.0621 e. The SMILES string of the molecule is CNC(Cc1ccncc1Cl)CC1CCSCC1. The lowest BCUT2D eigenvalue weighted by molar-refractivity contribution is 0.376. The summed E-state index contributed by atoms with van der Waals surface area (Å²) in [6.45, 7) is 0. The summed E-state index contributed by atoms with van der Waals surface area (Å²) < 4.78 is 0. The van der Waals surface area contributed by atoms with Crippen molar-refractivity contribution in [3.05, 3.63) is 29.0 Å². The molecule has 1 atom stereocenters. The van der Waals surface area contributed by atoms with Crippen LogP contribution in [-0.2, 0) is 6.42 Å². The Balaban J connectivity index is 1.90. The summed E-state index contributed by atoms with van der Waals surface area (Å²) in [7, 11) is 2.05. The van der Waals surface area contributed by atoms with Crippen LogP contribution in [0.15, 0.2) is 18.5 Å². The van der Waals surface area contributed by atoms with Crippen molar-refractivity contribution in [1.29, 1.82) is 0 Å².